The summed E-state index contributed by atoms with van der Waals surface area (Å²) < 4.78 is 0. The Morgan fingerprint density at radius 2 is 0.981 bits per heavy atom. The normalized spacial score (nSPS) is 17.9. The fourth-order valence-electron chi connectivity index (χ4n) is 10.1. The fraction of sp³-hybridized carbons (Fsp3) is 0.115. The van der Waals surface area contributed by atoms with E-state index in [-0.39, 0.29) is 0 Å². The molecule has 0 radical (unpaired) electrons. The standard InChI is InChI=1S/C52H39N/c1-33-20-27-40-41-28-25-38(31-47(41)34(2)46(40)30-33)53(37-23-21-36(22-24-37)35-12-4-3-5-13-35)39-26-29-45-44-16-8-11-19-50(44)52(51(45)32-39)48-17-9-6-14-42(48)43-15-7-10-18-49(43)52/h3-29,31-34H,30H2,1-2H3. The van der Waals surface area contributed by atoms with Crippen molar-refractivity contribution in [1.82, 2.24) is 0 Å². The molecule has 0 saturated heterocycles. The predicted octanol–water partition coefficient (Wildman–Crippen LogP) is 13.6. The van der Waals surface area contributed by atoms with Gasteiger partial charge < -0.3 is 4.90 Å². The van der Waals surface area contributed by atoms with E-state index in [1.807, 2.05) is 0 Å². The largest absolute Gasteiger partial charge is 0.310 e. The zero-order valence-electron chi connectivity index (χ0n) is 30.1. The molecule has 53 heavy (non-hydrogen) atoms. The molecule has 0 bridgehead atoms. The number of fused-ring (bicyclic) bond motifs is 12. The summed E-state index contributed by atoms with van der Waals surface area (Å²) in [6.07, 6.45) is 5.89. The van der Waals surface area contributed by atoms with Crippen molar-refractivity contribution in [2.45, 2.75) is 31.6 Å². The first-order valence-corrected chi connectivity index (χ1v) is 19.1. The molecule has 2 atom stereocenters. The van der Waals surface area contributed by atoms with Crippen LogP contribution in [0.2, 0.25) is 0 Å². The van der Waals surface area contributed by atoms with E-state index in [0.29, 0.717) is 11.8 Å². The monoisotopic (exact) mass is 677 g/mol. The molecule has 11 rings (SSSR count). The molecule has 7 aromatic carbocycles. The van der Waals surface area contributed by atoms with E-state index < -0.39 is 5.41 Å². The van der Waals surface area contributed by atoms with Gasteiger partial charge in [0.1, 0.15) is 0 Å². The molecule has 1 nitrogen and oxygen atoms in total. The molecule has 0 amide bonds. The van der Waals surface area contributed by atoms with E-state index in [1.54, 1.807) is 5.57 Å². The van der Waals surface area contributed by atoms with Crippen molar-refractivity contribution >= 4 is 22.6 Å². The van der Waals surface area contributed by atoms with Gasteiger partial charge in [0.2, 0.25) is 0 Å². The Hall–Kier alpha value is -6.18. The first kappa shape index (κ1) is 30.4. The summed E-state index contributed by atoms with van der Waals surface area (Å²) in [6.45, 7) is 4.74. The lowest BCUT2D eigenvalue weighted by Gasteiger charge is -2.32. The van der Waals surface area contributed by atoms with E-state index in [9.17, 15) is 0 Å². The Kier molecular flexibility index (Phi) is 6.55. The molecule has 0 aromatic heterocycles. The molecular weight excluding hydrogens is 639 g/mol. The summed E-state index contributed by atoms with van der Waals surface area (Å²) in [5.41, 5.74) is 22.2. The SMILES string of the molecule is CC1C=CC2=C(C1)C(C)c1cc(N(c3ccc(-c4ccccc4)cc3)c3ccc4c(c3)C3(c5ccccc5-c5ccccc53)c3ccccc3-4)ccc12. The third kappa shape index (κ3) is 4.25. The molecule has 4 aliphatic carbocycles. The molecular formula is C52H39N. The number of nitrogens with zero attached hydrogens (tertiary/aromatic N) is 1. The Bertz CT molecular complexity index is 2610. The first-order chi connectivity index (χ1) is 26.1. The van der Waals surface area contributed by atoms with Crippen molar-refractivity contribution in [2.24, 2.45) is 5.92 Å². The molecule has 0 fully saturated rings. The van der Waals surface area contributed by atoms with Crippen molar-refractivity contribution in [3.63, 3.8) is 0 Å². The van der Waals surface area contributed by atoms with Gasteiger partial charge in [-0.1, -0.05) is 159 Å². The van der Waals surface area contributed by atoms with E-state index in [1.165, 1.54) is 83.7 Å². The summed E-state index contributed by atoms with van der Waals surface area (Å²) in [5, 5.41) is 0. The number of benzene rings is 7. The third-order valence-corrected chi connectivity index (χ3v) is 12.5. The van der Waals surface area contributed by atoms with Gasteiger partial charge in [-0.3, -0.25) is 0 Å². The second-order valence-electron chi connectivity index (χ2n) is 15.3. The maximum Gasteiger partial charge on any atom is 0.0726 e. The second-order valence-corrected chi connectivity index (χ2v) is 15.3. The highest BCUT2D eigenvalue weighted by atomic mass is 15.1. The molecule has 0 N–H and O–H groups in total. The van der Waals surface area contributed by atoms with Crippen LogP contribution in [-0.4, -0.2) is 0 Å². The highest BCUT2D eigenvalue weighted by Gasteiger charge is 2.51. The first-order valence-electron chi connectivity index (χ1n) is 19.1. The van der Waals surface area contributed by atoms with Gasteiger partial charge in [0.15, 0.2) is 0 Å². The van der Waals surface area contributed by atoms with Crippen LogP contribution in [0.5, 0.6) is 0 Å². The van der Waals surface area contributed by atoms with Crippen LogP contribution in [0.15, 0.2) is 182 Å². The highest BCUT2D eigenvalue weighted by Crippen LogP contribution is 2.63. The van der Waals surface area contributed by atoms with Crippen LogP contribution in [0, 0.1) is 5.92 Å². The lowest BCUT2D eigenvalue weighted by Crippen LogP contribution is -2.26. The molecule has 4 aliphatic rings. The number of anilines is 3. The lowest BCUT2D eigenvalue weighted by molar-refractivity contribution is 0.674. The van der Waals surface area contributed by atoms with Crippen molar-refractivity contribution in [2.75, 3.05) is 4.90 Å². The third-order valence-electron chi connectivity index (χ3n) is 12.5. The van der Waals surface area contributed by atoms with Gasteiger partial charge in [0.25, 0.3) is 0 Å². The van der Waals surface area contributed by atoms with Crippen molar-refractivity contribution in [1.29, 1.82) is 0 Å². The number of rotatable bonds is 4. The summed E-state index contributed by atoms with van der Waals surface area (Å²) >= 11 is 0. The zero-order chi connectivity index (χ0) is 35.3. The zero-order valence-corrected chi connectivity index (χ0v) is 30.1. The molecule has 0 saturated carbocycles. The summed E-state index contributed by atoms with van der Waals surface area (Å²) in [4.78, 5) is 2.49. The predicted molar refractivity (Wildman–Crippen MR) is 221 cm³/mol. The van der Waals surface area contributed by atoms with E-state index in [2.05, 4.69) is 195 Å². The second kappa shape index (κ2) is 11.4. The van der Waals surface area contributed by atoms with Crippen LogP contribution in [0.4, 0.5) is 17.1 Å². The number of hydrogen-bond acceptors (Lipinski definition) is 1. The van der Waals surface area contributed by atoms with Crippen molar-refractivity contribution in [3.8, 4) is 33.4 Å². The van der Waals surface area contributed by atoms with E-state index >= 15 is 0 Å². The molecule has 1 heteroatoms. The Morgan fingerprint density at radius 3 is 1.62 bits per heavy atom. The van der Waals surface area contributed by atoms with Crippen LogP contribution >= 0.6 is 0 Å². The maximum absolute atomic E-state index is 2.50. The van der Waals surface area contributed by atoms with Crippen LogP contribution in [0.3, 0.4) is 0 Å². The minimum Gasteiger partial charge on any atom is -0.310 e. The Morgan fingerprint density at radius 1 is 0.472 bits per heavy atom. The minimum atomic E-state index is -0.392. The minimum absolute atomic E-state index is 0.392. The summed E-state index contributed by atoms with van der Waals surface area (Å²) in [5.74, 6) is 0.984. The van der Waals surface area contributed by atoms with Crippen LogP contribution < -0.4 is 4.90 Å². The molecule has 0 heterocycles. The van der Waals surface area contributed by atoms with Crippen LogP contribution in [0.25, 0.3) is 39.0 Å². The van der Waals surface area contributed by atoms with Gasteiger partial charge in [0.05, 0.1) is 5.41 Å². The lowest BCUT2D eigenvalue weighted by atomic mass is 9.70. The molecule has 0 aliphatic heterocycles. The number of hydrogen-bond donors (Lipinski definition) is 0. The molecule has 7 aromatic rings. The average molecular weight is 678 g/mol. The smallest absolute Gasteiger partial charge is 0.0726 e. The van der Waals surface area contributed by atoms with Crippen molar-refractivity contribution in [3.05, 3.63) is 215 Å². The topological polar surface area (TPSA) is 3.24 Å². The van der Waals surface area contributed by atoms with Gasteiger partial charge in [0, 0.05) is 23.0 Å². The highest BCUT2D eigenvalue weighted by molar-refractivity contribution is 5.96. The molecule has 252 valence electrons. The van der Waals surface area contributed by atoms with Crippen LogP contribution in [0.1, 0.15) is 59.6 Å². The quantitative estimate of drug-likeness (QED) is 0.179. The Balaban J connectivity index is 1.13. The van der Waals surface area contributed by atoms with Gasteiger partial charge in [-0.2, -0.15) is 0 Å². The van der Waals surface area contributed by atoms with Gasteiger partial charge in [-0.05, 0) is 121 Å². The fourth-order valence-corrected chi connectivity index (χ4v) is 10.1. The maximum atomic E-state index is 2.50. The van der Waals surface area contributed by atoms with E-state index in [4.69, 9.17) is 0 Å². The molecule has 1 spiro atoms. The van der Waals surface area contributed by atoms with Crippen molar-refractivity contribution < 1.29 is 0 Å². The van der Waals surface area contributed by atoms with E-state index in [0.717, 1.165) is 12.1 Å². The Labute approximate surface area is 312 Å². The van der Waals surface area contributed by atoms with Crippen LogP contribution in [-0.2, 0) is 5.41 Å². The summed E-state index contributed by atoms with van der Waals surface area (Å²) in [7, 11) is 0. The molecule has 2 unspecified atom stereocenters. The van der Waals surface area contributed by atoms with Gasteiger partial charge in [-0.25, -0.2) is 0 Å². The van der Waals surface area contributed by atoms with Gasteiger partial charge >= 0.3 is 0 Å². The summed E-state index contributed by atoms with van der Waals surface area (Å²) in [6, 6.07) is 61.5. The number of allylic oxidation sites excluding steroid dienone is 4. The van der Waals surface area contributed by atoms with Gasteiger partial charge in [-0.15, -0.1) is 0 Å². The average Bonchev–Trinajstić information content (AvgIpc) is 3.79.